The molecule has 1 unspecified atom stereocenters. The molecule has 1 atom stereocenters. The Kier molecular flexibility index (Phi) is 5.37. The fourth-order valence-corrected chi connectivity index (χ4v) is 2.12. The van der Waals surface area contributed by atoms with Gasteiger partial charge in [-0.15, -0.1) is 0 Å². The molecule has 1 aliphatic carbocycles. The van der Waals surface area contributed by atoms with Gasteiger partial charge < -0.3 is 9.47 Å². The van der Waals surface area contributed by atoms with E-state index in [4.69, 9.17) is 9.47 Å². The monoisotopic (exact) mass is 282 g/mol. The van der Waals surface area contributed by atoms with Crippen LogP contribution < -0.4 is 0 Å². The topological polar surface area (TPSA) is 52.6 Å². The van der Waals surface area contributed by atoms with Gasteiger partial charge >= 0.3 is 11.9 Å². The van der Waals surface area contributed by atoms with Crippen molar-refractivity contribution in [3.05, 3.63) is 12.7 Å². The van der Waals surface area contributed by atoms with Gasteiger partial charge in [0.15, 0.2) is 6.10 Å². The predicted molar refractivity (Wildman–Crippen MR) is 77.1 cm³/mol. The second-order valence-electron chi connectivity index (χ2n) is 6.18. The Morgan fingerprint density at radius 1 is 1.35 bits per heavy atom. The van der Waals surface area contributed by atoms with Gasteiger partial charge in [0.1, 0.15) is 5.60 Å². The van der Waals surface area contributed by atoms with E-state index in [9.17, 15) is 9.59 Å². The predicted octanol–water partition coefficient (Wildman–Crippen LogP) is 3.40. The first-order valence-electron chi connectivity index (χ1n) is 7.34. The van der Waals surface area contributed by atoms with E-state index >= 15 is 0 Å². The van der Waals surface area contributed by atoms with Gasteiger partial charge in [0, 0.05) is 0 Å². The van der Waals surface area contributed by atoms with E-state index in [1.165, 1.54) is 0 Å². The largest absolute Gasteiger partial charge is 0.452 e. The Labute approximate surface area is 121 Å². The van der Waals surface area contributed by atoms with Crippen molar-refractivity contribution in [3.63, 3.8) is 0 Å². The molecule has 0 N–H and O–H groups in total. The Balaban J connectivity index is 2.59. The highest BCUT2D eigenvalue weighted by Crippen LogP contribution is 2.34. The summed E-state index contributed by atoms with van der Waals surface area (Å²) in [4.78, 5) is 24.0. The standard InChI is InChI=1S/C16H26O4/c1-6-15(4,5)14(18)19-12(3)13(17)20-16(7-2)10-8-9-11-16/h7,12H,2,6,8-11H2,1,3-5H3. The van der Waals surface area contributed by atoms with Gasteiger partial charge in [-0.25, -0.2) is 4.79 Å². The molecule has 1 rings (SSSR count). The van der Waals surface area contributed by atoms with Gasteiger partial charge in [-0.3, -0.25) is 4.79 Å². The zero-order valence-corrected chi connectivity index (χ0v) is 13.0. The van der Waals surface area contributed by atoms with Crippen molar-refractivity contribution in [1.29, 1.82) is 0 Å². The normalized spacial score (nSPS) is 19.2. The van der Waals surface area contributed by atoms with Crippen molar-refractivity contribution in [2.45, 2.75) is 71.5 Å². The number of ether oxygens (including phenoxy) is 2. The lowest BCUT2D eigenvalue weighted by Gasteiger charge is -2.28. The molecule has 0 heterocycles. The summed E-state index contributed by atoms with van der Waals surface area (Å²) < 4.78 is 10.7. The van der Waals surface area contributed by atoms with Crippen LogP contribution in [0.5, 0.6) is 0 Å². The number of hydrogen-bond donors (Lipinski definition) is 0. The van der Waals surface area contributed by atoms with Crippen LogP contribution in [-0.2, 0) is 19.1 Å². The minimum absolute atomic E-state index is 0.372. The van der Waals surface area contributed by atoms with E-state index < -0.39 is 23.1 Å². The molecule has 1 aliphatic rings. The van der Waals surface area contributed by atoms with E-state index in [1.807, 2.05) is 6.92 Å². The summed E-state index contributed by atoms with van der Waals surface area (Å²) in [5.74, 6) is -0.865. The van der Waals surface area contributed by atoms with Crippen molar-refractivity contribution < 1.29 is 19.1 Å². The molecule has 0 spiro atoms. The summed E-state index contributed by atoms with van der Waals surface area (Å²) in [6.45, 7) is 10.8. The molecule has 4 heteroatoms. The summed E-state index contributed by atoms with van der Waals surface area (Å²) >= 11 is 0. The van der Waals surface area contributed by atoms with Crippen LogP contribution in [0.4, 0.5) is 0 Å². The maximum atomic E-state index is 12.1. The molecule has 1 saturated carbocycles. The number of hydrogen-bond acceptors (Lipinski definition) is 4. The van der Waals surface area contributed by atoms with Crippen LogP contribution in [0.1, 0.15) is 59.8 Å². The summed E-state index contributed by atoms with van der Waals surface area (Å²) in [5.41, 5.74) is -1.16. The SMILES string of the molecule is C=CC1(OC(=O)C(C)OC(=O)C(C)(C)CC)CCCC1. The second kappa shape index (κ2) is 6.42. The fraction of sp³-hybridized carbons (Fsp3) is 0.750. The molecule has 4 nitrogen and oxygen atoms in total. The molecule has 0 radical (unpaired) electrons. The molecule has 0 aromatic carbocycles. The maximum absolute atomic E-state index is 12.1. The van der Waals surface area contributed by atoms with Gasteiger partial charge in [-0.05, 0) is 59.0 Å². The van der Waals surface area contributed by atoms with E-state index in [2.05, 4.69) is 6.58 Å². The Morgan fingerprint density at radius 3 is 2.35 bits per heavy atom. The quantitative estimate of drug-likeness (QED) is 0.553. The molecule has 0 aromatic rings. The minimum atomic E-state index is -0.884. The highest BCUT2D eigenvalue weighted by atomic mass is 16.6. The first-order valence-corrected chi connectivity index (χ1v) is 7.34. The number of rotatable bonds is 6. The summed E-state index contributed by atoms with van der Waals surface area (Å²) in [6, 6.07) is 0. The van der Waals surface area contributed by atoms with Gasteiger partial charge in [-0.2, -0.15) is 0 Å². The molecule has 20 heavy (non-hydrogen) atoms. The lowest BCUT2D eigenvalue weighted by molar-refractivity contribution is -0.178. The molecule has 0 aromatic heterocycles. The Morgan fingerprint density at radius 2 is 1.90 bits per heavy atom. The van der Waals surface area contributed by atoms with Gasteiger partial charge in [0.05, 0.1) is 5.41 Å². The van der Waals surface area contributed by atoms with Crippen LogP contribution >= 0.6 is 0 Å². The fourth-order valence-electron chi connectivity index (χ4n) is 2.12. The van der Waals surface area contributed by atoms with Crippen LogP contribution in [0.25, 0.3) is 0 Å². The first kappa shape index (κ1) is 16.7. The third-order valence-electron chi connectivity index (χ3n) is 4.18. The zero-order valence-electron chi connectivity index (χ0n) is 13.0. The Bertz CT molecular complexity index is 378. The molecular weight excluding hydrogens is 256 g/mol. The molecule has 0 saturated heterocycles. The molecule has 1 fully saturated rings. The average Bonchev–Trinajstić information content (AvgIpc) is 2.87. The Hall–Kier alpha value is -1.32. The average molecular weight is 282 g/mol. The van der Waals surface area contributed by atoms with E-state index in [0.717, 1.165) is 25.7 Å². The van der Waals surface area contributed by atoms with Gasteiger partial charge in [0.25, 0.3) is 0 Å². The molecule has 0 amide bonds. The molecular formula is C16H26O4. The second-order valence-corrected chi connectivity index (χ2v) is 6.18. The third-order valence-corrected chi connectivity index (χ3v) is 4.18. The van der Waals surface area contributed by atoms with Gasteiger partial charge in [-0.1, -0.05) is 13.5 Å². The van der Waals surface area contributed by atoms with Crippen LogP contribution in [-0.4, -0.2) is 23.6 Å². The van der Waals surface area contributed by atoms with Crippen molar-refractivity contribution in [3.8, 4) is 0 Å². The first-order chi connectivity index (χ1) is 9.26. The number of carbonyl (C=O) groups excluding carboxylic acids is 2. The van der Waals surface area contributed by atoms with Crippen molar-refractivity contribution in [2.24, 2.45) is 5.41 Å². The summed E-state index contributed by atoms with van der Waals surface area (Å²) in [5, 5.41) is 0. The highest BCUT2D eigenvalue weighted by Gasteiger charge is 2.37. The highest BCUT2D eigenvalue weighted by molar-refractivity contribution is 5.81. The van der Waals surface area contributed by atoms with Crippen LogP contribution in [0, 0.1) is 5.41 Å². The third kappa shape index (κ3) is 3.84. The molecule has 0 aliphatic heterocycles. The van der Waals surface area contributed by atoms with E-state index in [1.54, 1.807) is 26.8 Å². The summed E-state index contributed by atoms with van der Waals surface area (Å²) in [6.07, 6.45) is 5.11. The van der Waals surface area contributed by atoms with Crippen molar-refractivity contribution >= 4 is 11.9 Å². The van der Waals surface area contributed by atoms with Crippen molar-refractivity contribution in [2.75, 3.05) is 0 Å². The van der Waals surface area contributed by atoms with Gasteiger partial charge in [0.2, 0.25) is 0 Å². The number of carbonyl (C=O) groups is 2. The summed E-state index contributed by atoms with van der Waals surface area (Å²) in [7, 11) is 0. The van der Waals surface area contributed by atoms with Crippen LogP contribution in [0.15, 0.2) is 12.7 Å². The lowest BCUT2D eigenvalue weighted by Crippen LogP contribution is -2.38. The lowest BCUT2D eigenvalue weighted by atomic mass is 9.90. The zero-order chi connectivity index (χ0) is 15.4. The smallest absolute Gasteiger partial charge is 0.348 e. The van der Waals surface area contributed by atoms with E-state index in [-0.39, 0.29) is 5.97 Å². The minimum Gasteiger partial charge on any atom is -0.452 e. The van der Waals surface area contributed by atoms with Crippen LogP contribution in [0.2, 0.25) is 0 Å². The molecule has 114 valence electrons. The maximum Gasteiger partial charge on any atom is 0.348 e. The molecule has 0 bridgehead atoms. The van der Waals surface area contributed by atoms with Crippen LogP contribution in [0.3, 0.4) is 0 Å². The van der Waals surface area contributed by atoms with E-state index in [0.29, 0.717) is 6.42 Å². The number of esters is 2. The van der Waals surface area contributed by atoms with Crippen molar-refractivity contribution in [1.82, 2.24) is 0 Å².